The molecule has 222 valence electrons. The first-order valence-electron chi connectivity index (χ1n) is 14.9. The molecule has 0 bridgehead atoms. The van der Waals surface area contributed by atoms with Crippen molar-refractivity contribution in [1.29, 1.82) is 0 Å². The maximum absolute atomic E-state index is 13.5. The number of carboxylic acids is 1. The number of benzene rings is 5. The number of amides is 1. The van der Waals surface area contributed by atoms with Crippen LogP contribution in [0.3, 0.4) is 0 Å². The van der Waals surface area contributed by atoms with Gasteiger partial charge < -0.3 is 15.7 Å². The van der Waals surface area contributed by atoms with Crippen LogP contribution in [0.15, 0.2) is 133 Å². The SMILES string of the molecule is O=C(O)CC(NC(=O)c1nc(NCCc2ccc(-c3ccccc3)cc2)c2ccccc2n1)c1ccc(-c2ccccc2)cc1. The molecule has 0 radical (unpaired) electrons. The van der Waals surface area contributed by atoms with Gasteiger partial charge >= 0.3 is 5.97 Å². The standard InChI is InChI=1S/C38H32N4O3/c43-35(44)25-34(31-21-19-30(20-22-31)28-11-5-2-6-12-28)41-38(45)37-40-33-14-8-7-13-32(33)36(42-37)39-24-23-26-15-17-29(18-16-26)27-9-3-1-4-10-27/h1-22,34H,23-25H2,(H,41,45)(H,43,44)(H,39,40,42). The number of fused-ring (bicyclic) bond motifs is 1. The molecule has 0 aliphatic carbocycles. The number of hydrogen-bond donors (Lipinski definition) is 3. The highest BCUT2D eigenvalue weighted by molar-refractivity contribution is 5.96. The number of nitrogens with zero attached hydrogens (tertiary/aromatic N) is 2. The van der Waals surface area contributed by atoms with Crippen LogP contribution in [0.5, 0.6) is 0 Å². The predicted molar refractivity (Wildman–Crippen MR) is 178 cm³/mol. The van der Waals surface area contributed by atoms with Crippen molar-refractivity contribution >= 4 is 28.6 Å². The molecule has 1 unspecified atom stereocenters. The molecule has 45 heavy (non-hydrogen) atoms. The molecule has 1 heterocycles. The summed E-state index contributed by atoms with van der Waals surface area (Å²) in [6.45, 7) is 0.599. The molecular formula is C38H32N4O3. The molecule has 0 spiro atoms. The second kappa shape index (κ2) is 13.7. The van der Waals surface area contributed by atoms with Gasteiger partial charge in [-0.2, -0.15) is 0 Å². The summed E-state index contributed by atoms with van der Waals surface area (Å²) in [6, 6.07) is 42.9. The number of aromatic nitrogens is 2. The van der Waals surface area contributed by atoms with Crippen LogP contribution in [-0.4, -0.2) is 33.5 Å². The molecule has 1 amide bonds. The highest BCUT2D eigenvalue weighted by Gasteiger charge is 2.22. The lowest BCUT2D eigenvalue weighted by atomic mass is 9.99. The van der Waals surface area contributed by atoms with Crippen LogP contribution in [0, 0.1) is 0 Å². The number of carbonyl (C=O) groups excluding carboxylic acids is 1. The monoisotopic (exact) mass is 592 g/mol. The van der Waals surface area contributed by atoms with Gasteiger partial charge in [-0.25, -0.2) is 9.97 Å². The molecule has 7 heteroatoms. The highest BCUT2D eigenvalue weighted by atomic mass is 16.4. The first-order valence-corrected chi connectivity index (χ1v) is 14.9. The Morgan fingerprint density at radius 2 is 1.20 bits per heavy atom. The molecule has 0 saturated carbocycles. The first-order chi connectivity index (χ1) is 22.0. The van der Waals surface area contributed by atoms with Crippen LogP contribution < -0.4 is 10.6 Å². The van der Waals surface area contributed by atoms with Gasteiger partial charge in [0.15, 0.2) is 0 Å². The number of carboxylic acid groups (broad SMARTS) is 1. The maximum Gasteiger partial charge on any atom is 0.305 e. The highest BCUT2D eigenvalue weighted by Crippen LogP contribution is 2.25. The van der Waals surface area contributed by atoms with Crippen molar-refractivity contribution in [3.63, 3.8) is 0 Å². The normalized spacial score (nSPS) is 11.6. The third-order valence-electron chi connectivity index (χ3n) is 7.68. The first kappa shape index (κ1) is 29.3. The summed E-state index contributed by atoms with van der Waals surface area (Å²) in [5.74, 6) is -1.04. The fourth-order valence-electron chi connectivity index (χ4n) is 5.32. The van der Waals surface area contributed by atoms with Crippen molar-refractivity contribution in [3.8, 4) is 22.3 Å². The van der Waals surface area contributed by atoms with Crippen molar-refractivity contribution in [2.45, 2.75) is 18.9 Å². The number of nitrogens with one attached hydrogen (secondary N) is 2. The number of aliphatic carboxylic acids is 1. The topological polar surface area (TPSA) is 104 Å². The number of rotatable bonds is 11. The van der Waals surface area contributed by atoms with E-state index in [0.717, 1.165) is 28.5 Å². The van der Waals surface area contributed by atoms with Gasteiger partial charge in [-0.3, -0.25) is 9.59 Å². The van der Waals surface area contributed by atoms with Crippen molar-refractivity contribution in [2.24, 2.45) is 0 Å². The van der Waals surface area contributed by atoms with Gasteiger partial charge in [-0.15, -0.1) is 0 Å². The maximum atomic E-state index is 13.5. The van der Waals surface area contributed by atoms with Crippen molar-refractivity contribution in [1.82, 2.24) is 15.3 Å². The van der Waals surface area contributed by atoms with E-state index in [1.54, 1.807) is 0 Å². The molecule has 5 aromatic carbocycles. The summed E-state index contributed by atoms with van der Waals surface area (Å²) in [4.78, 5) is 34.3. The third-order valence-corrected chi connectivity index (χ3v) is 7.68. The second-order valence-electron chi connectivity index (χ2n) is 10.8. The molecule has 1 atom stereocenters. The average Bonchev–Trinajstić information content (AvgIpc) is 3.09. The minimum atomic E-state index is -1.02. The smallest absolute Gasteiger partial charge is 0.305 e. The summed E-state index contributed by atoms with van der Waals surface area (Å²) in [5, 5.41) is 16.7. The molecule has 6 rings (SSSR count). The summed E-state index contributed by atoms with van der Waals surface area (Å²) in [5.41, 5.74) is 6.87. The largest absolute Gasteiger partial charge is 0.481 e. The summed E-state index contributed by atoms with van der Waals surface area (Å²) < 4.78 is 0. The van der Waals surface area contributed by atoms with E-state index >= 15 is 0 Å². The molecule has 1 aromatic heterocycles. The summed E-state index contributed by atoms with van der Waals surface area (Å²) in [6.07, 6.45) is 0.479. The van der Waals surface area contributed by atoms with Crippen molar-refractivity contribution in [2.75, 3.05) is 11.9 Å². The predicted octanol–water partition coefficient (Wildman–Crippen LogP) is 7.56. The summed E-state index contributed by atoms with van der Waals surface area (Å²) >= 11 is 0. The minimum absolute atomic E-state index is 0.0280. The van der Waals surface area contributed by atoms with E-state index in [2.05, 4.69) is 57.0 Å². The zero-order valence-corrected chi connectivity index (χ0v) is 24.6. The molecule has 7 nitrogen and oxygen atoms in total. The summed E-state index contributed by atoms with van der Waals surface area (Å²) in [7, 11) is 0. The van der Waals surface area contributed by atoms with Gasteiger partial charge in [-0.05, 0) is 51.9 Å². The minimum Gasteiger partial charge on any atom is -0.481 e. The Balaban J connectivity index is 1.18. The molecule has 6 aromatic rings. The Kier molecular flexibility index (Phi) is 8.88. The van der Waals surface area contributed by atoms with Gasteiger partial charge in [0.25, 0.3) is 5.91 Å². The number of carbonyl (C=O) groups is 2. The van der Waals surface area contributed by atoms with Crippen molar-refractivity contribution in [3.05, 3.63) is 150 Å². The Morgan fingerprint density at radius 1 is 0.644 bits per heavy atom. The quantitative estimate of drug-likeness (QED) is 0.143. The van der Waals surface area contributed by atoms with E-state index in [-0.39, 0.29) is 12.2 Å². The van der Waals surface area contributed by atoms with Gasteiger partial charge in [0.05, 0.1) is 18.0 Å². The van der Waals surface area contributed by atoms with E-state index in [9.17, 15) is 14.7 Å². The van der Waals surface area contributed by atoms with Gasteiger partial charge in [-0.1, -0.05) is 121 Å². The van der Waals surface area contributed by atoms with Gasteiger partial charge in [0, 0.05) is 11.9 Å². The molecule has 0 saturated heterocycles. The van der Waals surface area contributed by atoms with E-state index < -0.39 is 17.9 Å². The Morgan fingerprint density at radius 3 is 1.82 bits per heavy atom. The molecular weight excluding hydrogens is 560 g/mol. The second-order valence-corrected chi connectivity index (χ2v) is 10.8. The number of para-hydroxylation sites is 1. The van der Waals surface area contributed by atoms with Crippen LogP contribution in [0.4, 0.5) is 5.82 Å². The van der Waals surface area contributed by atoms with Crippen LogP contribution in [0.25, 0.3) is 33.2 Å². The van der Waals surface area contributed by atoms with Crippen molar-refractivity contribution < 1.29 is 14.7 Å². The lowest BCUT2D eigenvalue weighted by Crippen LogP contribution is -2.31. The van der Waals surface area contributed by atoms with Gasteiger partial charge in [0.2, 0.25) is 5.82 Å². The zero-order chi connectivity index (χ0) is 31.0. The molecule has 0 fully saturated rings. The van der Waals surface area contributed by atoms with Crippen LogP contribution in [0.2, 0.25) is 0 Å². The lowest BCUT2D eigenvalue weighted by molar-refractivity contribution is -0.137. The molecule has 3 N–H and O–H groups in total. The van der Waals surface area contributed by atoms with E-state index in [1.165, 1.54) is 11.1 Å². The van der Waals surface area contributed by atoms with Crippen LogP contribution in [0.1, 0.15) is 34.2 Å². The van der Waals surface area contributed by atoms with E-state index in [0.29, 0.717) is 23.4 Å². The lowest BCUT2D eigenvalue weighted by Gasteiger charge is -2.18. The van der Waals surface area contributed by atoms with E-state index in [4.69, 9.17) is 0 Å². The Bertz CT molecular complexity index is 1910. The fourth-order valence-corrected chi connectivity index (χ4v) is 5.32. The number of anilines is 1. The average molecular weight is 593 g/mol. The molecule has 0 aliphatic rings. The van der Waals surface area contributed by atoms with Crippen LogP contribution >= 0.6 is 0 Å². The Labute approximate surface area is 261 Å². The van der Waals surface area contributed by atoms with Gasteiger partial charge in [0.1, 0.15) is 5.82 Å². The third kappa shape index (κ3) is 7.22. The van der Waals surface area contributed by atoms with E-state index in [1.807, 2.05) is 97.1 Å². The molecule has 0 aliphatic heterocycles. The van der Waals surface area contributed by atoms with Crippen LogP contribution in [-0.2, 0) is 11.2 Å². The fraction of sp³-hybridized carbons (Fsp3) is 0.105. The number of hydrogen-bond acceptors (Lipinski definition) is 5. The zero-order valence-electron chi connectivity index (χ0n) is 24.6. The Hall–Kier alpha value is -5.82.